The minimum Gasteiger partial charge on any atom is -0.314 e. The Hall–Kier alpha value is 0.140. The molecule has 1 N–H and O–H groups in total. The fraction of sp³-hybridized carbons (Fsp3) is 0.600. The lowest BCUT2D eigenvalue weighted by Gasteiger charge is -2.00. The normalized spacial score (nSPS) is 16.4. The van der Waals surface area contributed by atoms with Gasteiger partial charge in [-0.25, -0.2) is 0 Å². The monoisotopic (exact) mass is 259 g/mol. The van der Waals surface area contributed by atoms with Crippen LogP contribution in [0.15, 0.2) is 15.9 Å². The van der Waals surface area contributed by atoms with Crippen molar-refractivity contribution in [3.63, 3.8) is 0 Å². The van der Waals surface area contributed by atoms with Gasteiger partial charge in [-0.1, -0.05) is 0 Å². The molecule has 0 unspecified atom stereocenters. The van der Waals surface area contributed by atoms with Crippen LogP contribution < -0.4 is 5.32 Å². The molecule has 0 spiro atoms. The summed E-state index contributed by atoms with van der Waals surface area (Å²) in [5.74, 6) is 0. The highest BCUT2D eigenvalue weighted by Crippen LogP contribution is 2.23. The lowest BCUT2D eigenvalue weighted by atomic mass is 10.2. The second-order valence-corrected chi connectivity index (χ2v) is 6.09. The molecule has 3 heteroatoms. The molecule has 0 atom stereocenters. The zero-order valence-electron chi connectivity index (χ0n) is 7.55. The van der Waals surface area contributed by atoms with Crippen LogP contribution in [0.1, 0.15) is 24.1 Å². The van der Waals surface area contributed by atoms with Gasteiger partial charge in [0.15, 0.2) is 0 Å². The van der Waals surface area contributed by atoms with E-state index >= 15 is 0 Å². The van der Waals surface area contributed by atoms with Crippen LogP contribution in [0.25, 0.3) is 0 Å². The Bertz CT molecular complexity index is 268. The van der Waals surface area contributed by atoms with Crippen LogP contribution in [0.5, 0.6) is 0 Å². The van der Waals surface area contributed by atoms with Gasteiger partial charge in [0, 0.05) is 10.9 Å². The number of thiophene rings is 1. The Morgan fingerprint density at radius 2 is 2.31 bits per heavy atom. The molecule has 1 fully saturated rings. The molecular formula is C10H14BrNS. The van der Waals surface area contributed by atoms with Gasteiger partial charge in [-0.2, -0.15) is 0 Å². The fourth-order valence-electron chi connectivity index (χ4n) is 1.34. The van der Waals surface area contributed by atoms with Crippen LogP contribution in [-0.2, 0) is 6.42 Å². The molecule has 1 aliphatic carbocycles. The summed E-state index contributed by atoms with van der Waals surface area (Å²) < 4.78 is 1.25. The standard InChI is InChI=1S/C10H14BrNS/c11-10-6-5-9(13-10)2-1-7-12-8-3-4-8/h5-6,8,12H,1-4,7H2. The van der Waals surface area contributed by atoms with E-state index in [4.69, 9.17) is 0 Å². The third-order valence-electron chi connectivity index (χ3n) is 2.24. The van der Waals surface area contributed by atoms with Gasteiger partial charge in [0.05, 0.1) is 3.79 Å². The van der Waals surface area contributed by atoms with Crippen molar-refractivity contribution in [2.45, 2.75) is 31.7 Å². The second kappa shape index (κ2) is 4.58. The van der Waals surface area contributed by atoms with Gasteiger partial charge in [0.1, 0.15) is 0 Å². The maximum Gasteiger partial charge on any atom is 0.0701 e. The van der Waals surface area contributed by atoms with Crippen LogP contribution in [0.2, 0.25) is 0 Å². The van der Waals surface area contributed by atoms with E-state index in [1.165, 1.54) is 40.9 Å². The topological polar surface area (TPSA) is 12.0 Å². The summed E-state index contributed by atoms with van der Waals surface area (Å²) in [7, 11) is 0. The van der Waals surface area contributed by atoms with Crippen molar-refractivity contribution in [1.29, 1.82) is 0 Å². The molecule has 1 nitrogen and oxygen atoms in total. The first kappa shape index (κ1) is 9.69. The minimum atomic E-state index is 0.857. The average Bonchev–Trinajstić information content (AvgIpc) is 2.84. The van der Waals surface area contributed by atoms with E-state index in [2.05, 4.69) is 33.4 Å². The van der Waals surface area contributed by atoms with Crippen molar-refractivity contribution in [1.82, 2.24) is 5.32 Å². The number of hydrogen-bond donors (Lipinski definition) is 1. The van der Waals surface area contributed by atoms with Crippen LogP contribution in [0, 0.1) is 0 Å². The van der Waals surface area contributed by atoms with Crippen molar-refractivity contribution >= 4 is 27.3 Å². The molecule has 0 saturated heterocycles. The summed E-state index contributed by atoms with van der Waals surface area (Å²) in [5.41, 5.74) is 0. The van der Waals surface area contributed by atoms with E-state index in [1.807, 2.05) is 11.3 Å². The Labute approximate surface area is 91.7 Å². The quantitative estimate of drug-likeness (QED) is 0.802. The number of rotatable bonds is 5. The maximum absolute atomic E-state index is 3.53. The molecule has 1 aromatic rings. The highest BCUT2D eigenvalue weighted by atomic mass is 79.9. The zero-order chi connectivity index (χ0) is 9.10. The van der Waals surface area contributed by atoms with E-state index in [9.17, 15) is 0 Å². The highest BCUT2D eigenvalue weighted by Gasteiger charge is 2.19. The Morgan fingerprint density at radius 1 is 1.46 bits per heavy atom. The number of nitrogens with one attached hydrogen (secondary N) is 1. The molecule has 0 amide bonds. The first-order chi connectivity index (χ1) is 6.34. The van der Waals surface area contributed by atoms with Crippen molar-refractivity contribution < 1.29 is 0 Å². The van der Waals surface area contributed by atoms with E-state index < -0.39 is 0 Å². The van der Waals surface area contributed by atoms with Gasteiger partial charge in [0.25, 0.3) is 0 Å². The maximum atomic E-state index is 3.53. The second-order valence-electron chi connectivity index (χ2n) is 3.54. The summed E-state index contributed by atoms with van der Waals surface area (Å²) >= 11 is 5.33. The lowest BCUT2D eigenvalue weighted by molar-refractivity contribution is 0.648. The molecule has 1 aromatic heterocycles. The van der Waals surface area contributed by atoms with Gasteiger partial charge in [-0.05, 0) is 60.3 Å². The molecule has 0 bridgehead atoms. The van der Waals surface area contributed by atoms with Gasteiger partial charge in [0.2, 0.25) is 0 Å². The average molecular weight is 260 g/mol. The molecule has 1 heterocycles. The zero-order valence-corrected chi connectivity index (χ0v) is 9.96. The highest BCUT2D eigenvalue weighted by molar-refractivity contribution is 9.11. The summed E-state index contributed by atoms with van der Waals surface area (Å²) in [6.07, 6.45) is 5.27. The minimum absolute atomic E-state index is 0.857. The lowest BCUT2D eigenvalue weighted by Crippen LogP contribution is -2.17. The summed E-state index contributed by atoms with van der Waals surface area (Å²) in [6.45, 7) is 1.18. The summed E-state index contributed by atoms with van der Waals surface area (Å²) in [5, 5.41) is 3.53. The van der Waals surface area contributed by atoms with Gasteiger partial charge >= 0.3 is 0 Å². The Morgan fingerprint density at radius 3 is 2.92 bits per heavy atom. The molecule has 1 aliphatic rings. The first-order valence-corrected chi connectivity index (χ1v) is 6.43. The number of hydrogen-bond acceptors (Lipinski definition) is 2. The molecule has 1 saturated carbocycles. The Balaban J connectivity index is 1.61. The third-order valence-corrected chi connectivity index (χ3v) is 3.92. The molecular weight excluding hydrogens is 246 g/mol. The molecule has 0 aromatic carbocycles. The largest absolute Gasteiger partial charge is 0.314 e. The predicted molar refractivity (Wildman–Crippen MR) is 61.4 cm³/mol. The number of aryl methyl sites for hydroxylation is 1. The van der Waals surface area contributed by atoms with E-state index in [1.54, 1.807) is 0 Å². The molecule has 0 radical (unpaired) electrons. The van der Waals surface area contributed by atoms with E-state index in [-0.39, 0.29) is 0 Å². The van der Waals surface area contributed by atoms with Gasteiger partial charge < -0.3 is 5.32 Å². The predicted octanol–water partition coefficient (Wildman–Crippen LogP) is 3.20. The van der Waals surface area contributed by atoms with Crippen LogP contribution in [0.3, 0.4) is 0 Å². The smallest absolute Gasteiger partial charge is 0.0701 e. The van der Waals surface area contributed by atoms with Crippen molar-refractivity contribution in [3.8, 4) is 0 Å². The Kier molecular flexibility index (Phi) is 3.41. The van der Waals surface area contributed by atoms with Crippen molar-refractivity contribution in [3.05, 3.63) is 20.8 Å². The SMILES string of the molecule is Brc1ccc(CCCNC2CC2)s1. The summed E-state index contributed by atoms with van der Waals surface area (Å²) in [4.78, 5) is 1.49. The van der Waals surface area contributed by atoms with Gasteiger partial charge in [-0.15, -0.1) is 11.3 Å². The van der Waals surface area contributed by atoms with Crippen LogP contribution in [-0.4, -0.2) is 12.6 Å². The fourth-order valence-corrected chi connectivity index (χ4v) is 2.87. The number of halogens is 1. The van der Waals surface area contributed by atoms with Crippen molar-refractivity contribution in [2.24, 2.45) is 0 Å². The molecule has 0 aliphatic heterocycles. The first-order valence-electron chi connectivity index (χ1n) is 4.82. The van der Waals surface area contributed by atoms with E-state index in [0.717, 1.165) is 6.04 Å². The molecule has 72 valence electrons. The van der Waals surface area contributed by atoms with Crippen LogP contribution >= 0.6 is 27.3 Å². The van der Waals surface area contributed by atoms with Gasteiger partial charge in [-0.3, -0.25) is 0 Å². The summed E-state index contributed by atoms with van der Waals surface area (Å²) in [6, 6.07) is 5.20. The van der Waals surface area contributed by atoms with Crippen LogP contribution in [0.4, 0.5) is 0 Å². The molecule has 2 rings (SSSR count). The van der Waals surface area contributed by atoms with Crippen molar-refractivity contribution in [2.75, 3.05) is 6.54 Å². The third kappa shape index (κ3) is 3.41. The van der Waals surface area contributed by atoms with E-state index in [0.29, 0.717) is 0 Å². The molecule has 13 heavy (non-hydrogen) atoms.